The number of rotatable bonds is 5. The van der Waals surface area contributed by atoms with Crippen molar-refractivity contribution in [3.63, 3.8) is 0 Å². The highest BCUT2D eigenvalue weighted by atomic mass is 16.5. The summed E-state index contributed by atoms with van der Waals surface area (Å²) in [6, 6.07) is 7.19. The first-order valence-electron chi connectivity index (χ1n) is 6.94. The van der Waals surface area contributed by atoms with Crippen molar-refractivity contribution in [2.45, 2.75) is 12.8 Å². The van der Waals surface area contributed by atoms with E-state index in [1.54, 1.807) is 24.1 Å². The molecule has 1 aliphatic heterocycles. The fourth-order valence-corrected chi connectivity index (χ4v) is 2.38. The second kappa shape index (κ2) is 6.97. The Labute approximate surface area is 123 Å². The van der Waals surface area contributed by atoms with Crippen LogP contribution in [0.25, 0.3) is 0 Å². The molecule has 1 heterocycles. The minimum absolute atomic E-state index is 0.0401. The van der Waals surface area contributed by atoms with Crippen LogP contribution in [-0.2, 0) is 9.59 Å². The highest BCUT2D eigenvalue weighted by Gasteiger charge is 2.26. The van der Waals surface area contributed by atoms with Gasteiger partial charge in [0, 0.05) is 19.0 Å². The van der Waals surface area contributed by atoms with Crippen LogP contribution in [0.4, 0.5) is 0 Å². The van der Waals surface area contributed by atoms with Crippen LogP contribution >= 0.6 is 0 Å². The maximum absolute atomic E-state index is 12.1. The molecule has 21 heavy (non-hydrogen) atoms. The van der Waals surface area contributed by atoms with Crippen molar-refractivity contribution in [2.24, 2.45) is 11.7 Å². The number of nitrogens with two attached hydrogens (primary N) is 1. The molecule has 0 atom stereocenters. The summed E-state index contributed by atoms with van der Waals surface area (Å²) in [5.74, 6) is 0.637. The number of para-hydroxylation sites is 2. The van der Waals surface area contributed by atoms with E-state index < -0.39 is 0 Å². The predicted octanol–water partition coefficient (Wildman–Crippen LogP) is 0.798. The molecule has 0 spiro atoms. The van der Waals surface area contributed by atoms with Crippen LogP contribution < -0.4 is 15.2 Å². The Kier molecular flexibility index (Phi) is 5.03. The Morgan fingerprint density at radius 1 is 1.24 bits per heavy atom. The summed E-state index contributed by atoms with van der Waals surface area (Å²) in [6.45, 7) is 1.05. The fraction of sp³-hybridized carbons (Fsp3) is 0.467. The lowest BCUT2D eigenvalue weighted by Gasteiger charge is -2.30. The quantitative estimate of drug-likeness (QED) is 0.870. The normalized spacial score (nSPS) is 15.6. The SMILES string of the molecule is COc1ccccc1OCC(=O)N1CCC(C(N)=O)CC1. The maximum Gasteiger partial charge on any atom is 0.260 e. The van der Waals surface area contributed by atoms with Crippen molar-refractivity contribution in [3.8, 4) is 11.5 Å². The molecule has 1 aromatic rings. The molecule has 0 unspecified atom stereocenters. The van der Waals surface area contributed by atoms with Crippen molar-refractivity contribution < 1.29 is 19.1 Å². The average Bonchev–Trinajstić information content (AvgIpc) is 2.52. The van der Waals surface area contributed by atoms with Gasteiger partial charge in [-0.25, -0.2) is 0 Å². The van der Waals surface area contributed by atoms with Gasteiger partial charge in [-0.05, 0) is 25.0 Å². The Bertz CT molecular complexity index is 510. The molecule has 2 N–H and O–H groups in total. The van der Waals surface area contributed by atoms with Gasteiger partial charge in [0.05, 0.1) is 7.11 Å². The Morgan fingerprint density at radius 3 is 2.43 bits per heavy atom. The summed E-state index contributed by atoms with van der Waals surface area (Å²) in [4.78, 5) is 24.9. The van der Waals surface area contributed by atoms with Gasteiger partial charge in [-0.1, -0.05) is 12.1 Å². The van der Waals surface area contributed by atoms with E-state index in [4.69, 9.17) is 15.2 Å². The lowest BCUT2D eigenvalue weighted by atomic mass is 9.96. The fourth-order valence-electron chi connectivity index (χ4n) is 2.38. The minimum atomic E-state index is -0.285. The predicted molar refractivity (Wildman–Crippen MR) is 77.0 cm³/mol. The van der Waals surface area contributed by atoms with E-state index in [2.05, 4.69) is 0 Å². The number of hydrogen-bond acceptors (Lipinski definition) is 4. The van der Waals surface area contributed by atoms with E-state index in [-0.39, 0.29) is 24.3 Å². The summed E-state index contributed by atoms with van der Waals surface area (Å²) >= 11 is 0. The minimum Gasteiger partial charge on any atom is -0.493 e. The third-order valence-corrected chi connectivity index (χ3v) is 3.67. The Morgan fingerprint density at radius 2 is 1.86 bits per heavy atom. The largest absolute Gasteiger partial charge is 0.493 e. The van der Waals surface area contributed by atoms with Crippen molar-refractivity contribution >= 4 is 11.8 Å². The highest BCUT2D eigenvalue weighted by Crippen LogP contribution is 2.26. The number of benzene rings is 1. The lowest BCUT2D eigenvalue weighted by molar-refractivity contribution is -0.136. The van der Waals surface area contributed by atoms with Crippen LogP contribution in [-0.4, -0.2) is 43.5 Å². The number of piperidine rings is 1. The van der Waals surface area contributed by atoms with Crippen molar-refractivity contribution in [2.75, 3.05) is 26.8 Å². The zero-order valence-corrected chi connectivity index (χ0v) is 12.1. The lowest BCUT2D eigenvalue weighted by Crippen LogP contribution is -2.43. The van der Waals surface area contributed by atoms with Crippen LogP contribution in [0, 0.1) is 5.92 Å². The van der Waals surface area contributed by atoms with Gasteiger partial charge >= 0.3 is 0 Å². The third-order valence-electron chi connectivity index (χ3n) is 3.67. The van der Waals surface area contributed by atoms with E-state index in [1.165, 1.54) is 0 Å². The smallest absolute Gasteiger partial charge is 0.260 e. The van der Waals surface area contributed by atoms with Crippen LogP contribution in [0.15, 0.2) is 24.3 Å². The molecule has 0 aromatic heterocycles. The van der Waals surface area contributed by atoms with Gasteiger partial charge in [-0.15, -0.1) is 0 Å². The summed E-state index contributed by atoms with van der Waals surface area (Å²) in [5, 5.41) is 0. The van der Waals surface area contributed by atoms with Gasteiger partial charge in [0.2, 0.25) is 5.91 Å². The molecule has 114 valence electrons. The maximum atomic E-state index is 12.1. The third kappa shape index (κ3) is 3.87. The molecule has 6 nitrogen and oxygen atoms in total. The van der Waals surface area contributed by atoms with E-state index in [0.717, 1.165) is 0 Å². The van der Waals surface area contributed by atoms with Gasteiger partial charge < -0.3 is 20.1 Å². The number of methoxy groups -OCH3 is 1. The van der Waals surface area contributed by atoms with Crippen LogP contribution in [0.1, 0.15) is 12.8 Å². The summed E-state index contributed by atoms with van der Waals surface area (Å²) in [7, 11) is 1.55. The Hall–Kier alpha value is -2.24. The number of nitrogens with zero attached hydrogens (tertiary/aromatic N) is 1. The zero-order valence-electron chi connectivity index (χ0n) is 12.1. The van der Waals surface area contributed by atoms with Gasteiger partial charge in [-0.2, -0.15) is 0 Å². The number of ether oxygens (including phenoxy) is 2. The molecule has 0 saturated carbocycles. The van der Waals surface area contributed by atoms with Crippen molar-refractivity contribution in [1.29, 1.82) is 0 Å². The van der Waals surface area contributed by atoms with Gasteiger partial charge in [-0.3, -0.25) is 9.59 Å². The summed E-state index contributed by atoms with van der Waals surface area (Å²) in [6.07, 6.45) is 1.24. The molecule has 2 rings (SSSR count). The van der Waals surface area contributed by atoms with Gasteiger partial charge in [0.1, 0.15) is 0 Å². The molecule has 1 fully saturated rings. The van der Waals surface area contributed by atoms with Crippen LogP contribution in [0.2, 0.25) is 0 Å². The van der Waals surface area contributed by atoms with E-state index >= 15 is 0 Å². The van der Waals surface area contributed by atoms with Crippen molar-refractivity contribution in [1.82, 2.24) is 4.90 Å². The number of likely N-dealkylation sites (tertiary alicyclic amines) is 1. The van der Waals surface area contributed by atoms with E-state index in [0.29, 0.717) is 37.4 Å². The number of primary amides is 1. The van der Waals surface area contributed by atoms with Crippen LogP contribution in [0.3, 0.4) is 0 Å². The number of amides is 2. The first-order valence-corrected chi connectivity index (χ1v) is 6.94. The molecule has 0 radical (unpaired) electrons. The average molecular weight is 292 g/mol. The first-order chi connectivity index (χ1) is 10.1. The number of hydrogen-bond donors (Lipinski definition) is 1. The van der Waals surface area contributed by atoms with E-state index in [9.17, 15) is 9.59 Å². The molecule has 2 amide bonds. The second-order valence-electron chi connectivity index (χ2n) is 5.00. The monoisotopic (exact) mass is 292 g/mol. The summed E-state index contributed by atoms with van der Waals surface area (Å²) < 4.78 is 10.7. The first kappa shape index (κ1) is 15.2. The van der Waals surface area contributed by atoms with E-state index in [1.807, 2.05) is 12.1 Å². The molecular weight excluding hydrogens is 272 g/mol. The standard InChI is InChI=1S/C15H20N2O4/c1-20-12-4-2-3-5-13(12)21-10-14(18)17-8-6-11(7-9-17)15(16)19/h2-5,11H,6-10H2,1H3,(H2,16,19). The summed E-state index contributed by atoms with van der Waals surface area (Å²) in [5.41, 5.74) is 5.27. The molecule has 1 saturated heterocycles. The Balaban J connectivity index is 1.84. The molecule has 6 heteroatoms. The molecular formula is C15H20N2O4. The molecule has 0 bridgehead atoms. The topological polar surface area (TPSA) is 81.9 Å². The van der Waals surface area contributed by atoms with Crippen LogP contribution in [0.5, 0.6) is 11.5 Å². The number of carbonyl (C=O) groups excluding carboxylic acids is 2. The van der Waals surface area contributed by atoms with Gasteiger partial charge in [0.15, 0.2) is 18.1 Å². The number of carbonyl (C=O) groups is 2. The molecule has 1 aliphatic rings. The van der Waals surface area contributed by atoms with Gasteiger partial charge in [0.25, 0.3) is 5.91 Å². The second-order valence-corrected chi connectivity index (χ2v) is 5.00. The zero-order chi connectivity index (χ0) is 15.2. The van der Waals surface area contributed by atoms with Crippen molar-refractivity contribution in [3.05, 3.63) is 24.3 Å². The molecule has 1 aromatic carbocycles. The highest BCUT2D eigenvalue weighted by molar-refractivity contribution is 5.79. The molecule has 0 aliphatic carbocycles.